The Hall–Kier alpha value is -2.74. The zero-order chi connectivity index (χ0) is 17.1. The highest BCUT2D eigenvalue weighted by Gasteiger charge is 2.14. The summed E-state index contributed by atoms with van der Waals surface area (Å²) < 4.78 is 17.0. The van der Waals surface area contributed by atoms with Crippen LogP contribution in [0.2, 0.25) is 0 Å². The van der Waals surface area contributed by atoms with Crippen LogP contribution < -0.4 is 5.32 Å². The van der Waals surface area contributed by atoms with E-state index in [0.717, 1.165) is 0 Å². The van der Waals surface area contributed by atoms with Gasteiger partial charge in [-0.05, 0) is 40.2 Å². The molecule has 0 spiro atoms. The Morgan fingerprint density at radius 1 is 1.38 bits per heavy atom. The Labute approximate surface area is 145 Å². The van der Waals surface area contributed by atoms with Gasteiger partial charge < -0.3 is 5.32 Å². The van der Waals surface area contributed by atoms with E-state index in [1.165, 1.54) is 16.8 Å². The maximum absolute atomic E-state index is 13.3. The van der Waals surface area contributed by atoms with Gasteiger partial charge in [0.05, 0.1) is 16.7 Å². The Morgan fingerprint density at radius 2 is 2.21 bits per heavy atom. The molecule has 0 saturated heterocycles. The number of hydrogen-bond acceptors (Lipinski definition) is 3. The lowest BCUT2D eigenvalue weighted by Gasteiger charge is -2.02. The van der Waals surface area contributed by atoms with Crippen molar-refractivity contribution in [1.82, 2.24) is 19.6 Å². The molecule has 6 nitrogen and oxygen atoms in total. The lowest BCUT2D eigenvalue weighted by Crippen LogP contribution is -2.14. The monoisotopic (exact) mass is 389 g/mol. The number of carbonyl (C=O) groups excluding carboxylic acids is 1. The average molecular weight is 390 g/mol. The van der Waals surface area contributed by atoms with Crippen molar-refractivity contribution in [2.45, 2.75) is 6.54 Å². The average Bonchev–Trinajstić information content (AvgIpc) is 3.16. The third-order valence-corrected chi connectivity index (χ3v) is 3.74. The molecule has 0 aliphatic rings. The van der Waals surface area contributed by atoms with Gasteiger partial charge in [0.1, 0.15) is 5.82 Å². The molecule has 0 atom stereocenters. The third-order valence-electron chi connectivity index (χ3n) is 3.16. The smallest absolute Gasteiger partial charge is 0.277 e. The molecule has 0 saturated carbocycles. The van der Waals surface area contributed by atoms with Gasteiger partial charge in [0.2, 0.25) is 0 Å². The first-order valence-electron chi connectivity index (χ1n) is 7.03. The Balaban J connectivity index is 1.78. The zero-order valence-electron chi connectivity index (χ0n) is 12.5. The van der Waals surface area contributed by atoms with Crippen molar-refractivity contribution in [1.29, 1.82) is 0 Å². The largest absolute Gasteiger partial charge is 0.303 e. The van der Waals surface area contributed by atoms with Crippen LogP contribution in [0.25, 0.3) is 5.69 Å². The topological polar surface area (TPSA) is 64.7 Å². The van der Waals surface area contributed by atoms with E-state index in [1.54, 1.807) is 41.4 Å². The summed E-state index contributed by atoms with van der Waals surface area (Å²) >= 11 is 3.34. The number of nitrogens with zero attached hydrogens (tertiary/aromatic N) is 4. The van der Waals surface area contributed by atoms with Gasteiger partial charge in [0.15, 0.2) is 11.5 Å². The first-order chi connectivity index (χ1) is 11.6. The maximum atomic E-state index is 13.3. The lowest BCUT2D eigenvalue weighted by atomic mass is 10.3. The number of amides is 1. The van der Waals surface area contributed by atoms with Gasteiger partial charge in [-0.15, -0.1) is 6.58 Å². The standard InChI is InChI=1S/C16H13BrFN5O/c1-2-7-22-10-13(17)15(21-22)19-16(24)14-6-8-23(20-14)12-5-3-4-11(18)9-12/h2-6,8-10H,1,7H2,(H,19,21,24). The second-order valence-corrected chi connectivity index (χ2v) is 5.77. The quantitative estimate of drug-likeness (QED) is 0.680. The Bertz CT molecular complexity index is 902. The molecule has 3 aromatic rings. The second-order valence-electron chi connectivity index (χ2n) is 4.92. The molecular weight excluding hydrogens is 377 g/mol. The van der Waals surface area contributed by atoms with Crippen LogP contribution in [0.4, 0.5) is 10.2 Å². The first-order valence-corrected chi connectivity index (χ1v) is 7.83. The van der Waals surface area contributed by atoms with Crippen LogP contribution in [0.5, 0.6) is 0 Å². The van der Waals surface area contributed by atoms with Crippen molar-refractivity contribution >= 4 is 27.7 Å². The molecule has 3 rings (SSSR count). The van der Waals surface area contributed by atoms with E-state index in [1.807, 2.05) is 0 Å². The number of carbonyl (C=O) groups is 1. The fourth-order valence-electron chi connectivity index (χ4n) is 2.09. The molecule has 2 heterocycles. The number of anilines is 1. The van der Waals surface area contributed by atoms with E-state index in [-0.39, 0.29) is 11.5 Å². The van der Waals surface area contributed by atoms with Gasteiger partial charge in [-0.3, -0.25) is 9.48 Å². The van der Waals surface area contributed by atoms with E-state index in [4.69, 9.17) is 0 Å². The summed E-state index contributed by atoms with van der Waals surface area (Å²) in [6, 6.07) is 7.51. The molecule has 0 aliphatic heterocycles. The summed E-state index contributed by atoms with van der Waals surface area (Å²) in [7, 11) is 0. The van der Waals surface area contributed by atoms with E-state index in [9.17, 15) is 9.18 Å². The predicted octanol–water partition coefficient (Wildman–Crippen LogP) is 3.41. The fraction of sp³-hybridized carbons (Fsp3) is 0.0625. The normalized spacial score (nSPS) is 10.6. The fourth-order valence-corrected chi connectivity index (χ4v) is 2.50. The molecule has 2 aromatic heterocycles. The van der Waals surface area contributed by atoms with Crippen LogP contribution in [-0.4, -0.2) is 25.5 Å². The number of nitrogens with one attached hydrogen (secondary N) is 1. The predicted molar refractivity (Wildman–Crippen MR) is 91.6 cm³/mol. The molecule has 24 heavy (non-hydrogen) atoms. The maximum Gasteiger partial charge on any atom is 0.277 e. The van der Waals surface area contributed by atoms with Crippen molar-refractivity contribution in [2.75, 3.05) is 5.32 Å². The molecule has 1 amide bonds. The Morgan fingerprint density at radius 3 is 2.96 bits per heavy atom. The molecule has 0 fully saturated rings. The highest BCUT2D eigenvalue weighted by Crippen LogP contribution is 2.20. The molecule has 8 heteroatoms. The molecule has 0 unspecified atom stereocenters. The molecule has 1 aromatic carbocycles. The van der Waals surface area contributed by atoms with Crippen LogP contribution >= 0.6 is 15.9 Å². The summed E-state index contributed by atoms with van der Waals surface area (Å²) in [6.45, 7) is 4.17. The molecule has 0 aliphatic carbocycles. The van der Waals surface area contributed by atoms with E-state index in [2.05, 4.69) is 38.0 Å². The van der Waals surface area contributed by atoms with Gasteiger partial charge in [-0.25, -0.2) is 9.07 Å². The Kier molecular flexibility index (Phi) is 4.57. The van der Waals surface area contributed by atoms with Crippen LogP contribution in [-0.2, 0) is 6.54 Å². The van der Waals surface area contributed by atoms with Gasteiger partial charge in [-0.2, -0.15) is 10.2 Å². The number of halogens is 2. The van der Waals surface area contributed by atoms with Crippen LogP contribution in [0.15, 0.2) is 59.9 Å². The van der Waals surface area contributed by atoms with Crippen LogP contribution in [0.3, 0.4) is 0 Å². The minimum atomic E-state index is -0.408. The van der Waals surface area contributed by atoms with Crippen molar-refractivity contribution in [3.05, 3.63) is 71.4 Å². The van der Waals surface area contributed by atoms with Gasteiger partial charge in [-0.1, -0.05) is 12.1 Å². The zero-order valence-corrected chi connectivity index (χ0v) is 14.1. The van der Waals surface area contributed by atoms with Gasteiger partial charge in [0.25, 0.3) is 5.91 Å². The first kappa shape index (κ1) is 16.1. The van der Waals surface area contributed by atoms with Gasteiger partial charge in [0, 0.05) is 12.4 Å². The molecule has 1 N–H and O–H groups in total. The van der Waals surface area contributed by atoms with Crippen molar-refractivity contribution in [3.8, 4) is 5.69 Å². The highest BCUT2D eigenvalue weighted by atomic mass is 79.9. The minimum Gasteiger partial charge on any atom is -0.303 e. The molecular formula is C16H13BrFN5O. The van der Waals surface area contributed by atoms with Crippen LogP contribution in [0.1, 0.15) is 10.5 Å². The number of hydrogen-bond donors (Lipinski definition) is 1. The van der Waals surface area contributed by atoms with Gasteiger partial charge >= 0.3 is 0 Å². The summed E-state index contributed by atoms with van der Waals surface area (Å²) in [6.07, 6.45) is 5.03. The summed E-state index contributed by atoms with van der Waals surface area (Å²) in [4.78, 5) is 12.3. The number of benzene rings is 1. The SMILES string of the molecule is C=CCn1cc(Br)c(NC(=O)c2ccn(-c3cccc(F)c3)n2)n1. The van der Waals surface area contributed by atoms with Crippen LogP contribution in [0, 0.1) is 5.82 Å². The van der Waals surface area contributed by atoms with Crippen molar-refractivity contribution in [2.24, 2.45) is 0 Å². The third kappa shape index (κ3) is 3.43. The van der Waals surface area contributed by atoms with E-state index in [0.29, 0.717) is 22.5 Å². The summed E-state index contributed by atoms with van der Waals surface area (Å²) in [5.74, 6) is -0.387. The second kappa shape index (κ2) is 6.79. The van der Waals surface area contributed by atoms with Crippen molar-refractivity contribution < 1.29 is 9.18 Å². The number of aromatic nitrogens is 4. The van der Waals surface area contributed by atoms with E-state index < -0.39 is 5.91 Å². The number of allylic oxidation sites excluding steroid dienone is 1. The minimum absolute atomic E-state index is 0.199. The molecule has 0 radical (unpaired) electrons. The number of rotatable bonds is 5. The lowest BCUT2D eigenvalue weighted by molar-refractivity contribution is 0.102. The summed E-state index contributed by atoms with van der Waals surface area (Å²) in [5, 5.41) is 11.1. The summed E-state index contributed by atoms with van der Waals surface area (Å²) in [5.41, 5.74) is 0.731. The molecule has 122 valence electrons. The highest BCUT2D eigenvalue weighted by molar-refractivity contribution is 9.10. The van der Waals surface area contributed by atoms with Crippen molar-refractivity contribution in [3.63, 3.8) is 0 Å². The van der Waals surface area contributed by atoms with E-state index >= 15 is 0 Å². The molecule has 0 bridgehead atoms.